The first-order valence-corrected chi connectivity index (χ1v) is 10.6. The predicted molar refractivity (Wildman–Crippen MR) is 122 cm³/mol. The highest BCUT2D eigenvalue weighted by molar-refractivity contribution is 5.81. The van der Waals surface area contributed by atoms with E-state index in [9.17, 15) is 5.11 Å². The van der Waals surface area contributed by atoms with E-state index >= 15 is 0 Å². The molecule has 0 spiro atoms. The summed E-state index contributed by atoms with van der Waals surface area (Å²) < 4.78 is 11.4. The number of phenols is 1. The SMILES string of the molecule is Cc1ccc(O)c(-c2cc(-c3cccc4c3OCO4)cc(N3CCC(N(C)C)C3)n2)c1. The number of likely N-dealkylation sites (N-methyl/N-ethyl adjacent to an activating group) is 1. The van der Waals surface area contributed by atoms with Crippen LogP contribution in [0.4, 0.5) is 5.82 Å². The fourth-order valence-electron chi connectivity index (χ4n) is 4.36. The van der Waals surface area contributed by atoms with Crippen molar-refractivity contribution in [2.24, 2.45) is 0 Å². The van der Waals surface area contributed by atoms with Crippen LogP contribution in [0.5, 0.6) is 17.2 Å². The van der Waals surface area contributed by atoms with Gasteiger partial charge in [-0.2, -0.15) is 0 Å². The number of ether oxygens (including phenoxy) is 2. The smallest absolute Gasteiger partial charge is 0.231 e. The fraction of sp³-hybridized carbons (Fsp3) is 0.320. The highest BCUT2D eigenvalue weighted by atomic mass is 16.7. The van der Waals surface area contributed by atoms with Gasteiger partial charge in [0.15, 0.2) is 11.5 Å². The molecule has 1 saturated heterocycles. The third-order valence-electron chi connectivity index (χ3n) is 6.17. The minimum Gasteiger partial charge on any atom is -0.507 e. The number of benzene rings is 2. The molecule has 0 bridgehead atoms. The first-order chi connectivity index (χ1) is 15.0. The summed E-state index contributed by atoms with van der Waals surface area (Å²) in [5.74, 6) is 2.65. The molecule has 0 amide bonds. The Kier molecular flexibility index (Phi) is 4.94. The van der Waals surface area contributed by atoms with E-state index in [1.165, 1.54) is 0 Å². The fourth-order valence-corrected chi connectivity index (χ4v) is 4.36. The molecular weight excluding hydrogens is 390 g/mol. The summed E-state index contributed by atoms with van der Waals surface area (Å²) in [5.41, 5.74) is 4.52. The molecule has 3 heterocycles. The van der Waals surface area contributed by atoms with E-state index in [4.69, 9.17) is 14.5 Å². The van der Waals surface area contributed by atoms with Gasteiger partial charge in [-0.15, -0.1) is 0 Å². The Balaban J connectivity index is 1.65. The van der Waals surface area contributed by atoms with Gasteiger partial charge in [0.05, 0.1) is 5.69 Å². The molecule has 6 nitrogen and oxygen atoms in total. The van der Waals surface area contributed by atoms with Gasteiger partial charge < -0.3 is 24.4 Å². The van der Waals surface area contributed by atoms with Gasteiger partial charge in [-0.05, 0) is 63.3 Å². The maximum Gasteiger partial charge on any atom is 0.231 e. The number of para-hydroxylation sites is 1. The second-order valence-corrected chi connectivity index (χ2v) is 8.51. The van der Waals surface area contributed by atoms with Crippen molar-refractivity contribution >= 4 is 5.82 Å². The second kappa shape index (κ2) is 7.78. The molecule has 1 N–H and O–H groups in total. The number of aromatic nitrogens is 1. The highest BCUT2D eigenvalue weighted by Gasteiger charge is 2.27. The Hall–Kier alpha value is -3.25. The van der Waals surface area contributed by atoms with Crippen molar-refractivity contribution in [3.8, 4) is 39.6 Å². The molecule has 0 aliphatic carbocycles. The Morgan fingerprint density at radius 1 is 1.06 bits per heavy atom. The maximum absolute atomic E-state index is 10.6. The van der Waals surface area contributed by atoms with E-state index in [1.54, 1.807) is 6.07 Å². The zero-order valence-electron chi connectivity index (χ0n) is 18.1. The van der Waals surface area contributed by atoms with Crippen molar-refractivity contribution < 1.29 is 14.6 Å². The third-order valence-corrected chi connectivity index (χ3v) is 6.17. The number of aryl methyl sites for hydroxylation is 1. The van der Waals surface area contributed by atoms with E-state index in [1.807, 2.05) is 43.3 Å². The van der Waals surface area contributed by atoms with E-state index in [-0.39, 0.29) is 12.5 Å². The maximum atomic E-state index is 10.6. The largest absolute Gasteiger partial charge is 0.507 e. The highest BCUT2D eigenvalue weighted by Crippen LogP contribution is 2.43. The normalized spacial score (nSPS) is 17.5. The summed E-state index contributed by atoms with van der Waals surface area (Å²) in [4.78, 5) is 9.57. The number of hydrogen-bond acceptors (Lipinski definition) is 6. The number of fused-ring (bicyclic) bond motifs is 1. The summed E-state index contributed by atoms with van der Waals surface area (Å²) in [6.07, 6.45) is 1.10. The lowest BCUT2D eigenvalue weighted by molar-refractivity contribution is 0.174. The van der Waals surface area contributed by atoms with Crippen LogP contribution in [-0.2, 0) is 0 Å². The second-order valence-electron chi connectivity index (χ2n) is 8.51. The molecule has 2 aliphatic rings. The lowest BCUT2D eigenvalue weighted by Crippen LogP contribution is -2.31. The molecule has 0 saturated carbocycles. The zero-order valence-corrected chi connectivity index (χ0v) is 18.1. The summed E-state index contributed by atoms with van der Waals surface area (Å²) in [6.45, 7) is 4.12. The Bertz CT molecular complexity index is 1130. The zero-order chi connectivity index (χ0) is 21.5. The van der Waals surface area contributed by atoms with Crippen LogP contribution in [0.15, 0.2) is 48.5 Å². The molecule has 1 atom stereocenters. The van der Waals surface area contributed by atoms with Crippen LogP contribution in [0.2, 0.25) is 0 Å². The van der Waals surface area contributed by atoms with E-state index in [2.05, 4.69) is 30.0 Å². The number of hydrogen-bond donors (Lipinski definition) is 1. The molecule has 5 rings (SSSR count). The van der Waals surface area contributed by atoms with Gasteiger partial charge in [0.2, 0.25) is 6.79 Å². The van der Waals surface area contributed by atoms with Gasteiger partial charge in [0.25, 0.3) is 0 Å². The summed E-state index contributed by atoms with van der Waals surface area (Å²) in [5, 5.41) is 10.6. The first kappa shape index (κ1) is 19.7. The Labute approximate surface area is 182 Å². The average Bonchev–Trinajstić information content (AvgIpc) is 3.44. The summed E-state index contributed by atoms with van der Waals surface area (Å²) >= 11 is 0. The van der Waals surface area contributed by atoms with Gasteiger partial charge in [0, 0.05) is 30.3 Å². The molecule has 1 fully saturated rings. The molecule has 1 aromatic heterocycles. The van der Waals surface area contributed by atoms with E-state index < -0.39 is 0 Å². The van der Waals surface area contributed by atoms with Crippen molar-refractivity contribution in [2.75, 3.05) is 38.9 Å². The minimum absolute atomic E-state index is 0.228. The van der Waals surface area contributed by atoms with Gasteiger partial charge in [-0.25, -0.2) is 4.98 Å². The van der Waals surface area contributed by atoms with Gasteiger partial charge in [0.1, 0.15) is 11.6 Å². The third kappa shape index (κ3) is 3.68. The van der Waals surface area contributed by atoms with Crippen molar-refractivity contribution in [3.63, 3.8) is 0 Å². The van der Waals surface area contributed by atoms with Crippen LogP contribution in [0, 0.1) is 6.92 Å². The van der Waals surface area contributed by atoms with Crippen LogP contribution in [-0.4, -0.2) is 55.0 Å². The molecule has 2 aliphatic heterocycles. The van der Waals surface area contributed by atoms with Gasteiger partial charge in [-0.1, -0.05) is 23.8 Å². The molecule has 3 aromatic rings. The topological polar surface area (TPSA) is 58.1 Å². The van der Waals surface area contributed by atoms with E-state index in [0.29, 0.717) is 6.04 Å². The number of anilines is 1. The lowest BCUT2D eigenvalue weighted by atomic mass is 10.0. The molecular formula is C25H27N3O3. The number of rotatable bonds is 4. The van der Waals surface area contributed by atoms with Crippen LogP contribution >= 0.6 is 0 Å². The van der Waals surface area contributed by atoms with Crippen molar-refractivity contribution in [2.45, 2.75) is 19.4 Å². The van der Waals surface area contributed by atoms with Crippen molar-refractivity contribution in [1.82, 2.24) is 9.88 Å². The standard InChI is InChI=1S/C25H27N3O3/c1-16-7-8-22(29)20(11-16)21-12-17(19-5-4-6-23-25(19)31-15-30-23)13-24(26-21)28-10-9-18(14-28)27(2)3/h4-8,11-13,18,29H,9-10,14-15H2,1-3H3. The number of aromatic hydroxyl groups is 1. The quantitative estimate of drug-likeness (QED) is 0.683. The predicted octanol–water partition coefficient (Wildman–Crippen LogP) is 4.30. The molecule has 31 heavy (non-hydrogen) atoms. The molecule has 6 heteroatoms. The average molecular weight is 418 g/mol. The number of phenolic OH excluding ortho intramolecular Hbond substituents is 1. The Morgan fingerprint density at radius 3 is 2.74 bits per heavy atom. The number of nitrogens with zero attached hydrogens (tertiary/aromatic N) is 3. The minimum atomic E-state index is 0.228. The monoisotopic (exact) mass is 417 g/mol. The van der Waals surface area contributed by atoms with Gasteiger partial charge >= 0.3 is 0 Å². The van der Waals surface area contributed by atoms with E-state index in [0.717, 1.165) is 64.8 Å². The van der Waals surface area contributed by atoms with Gasteiger partial charge in [-0.3, -0.25) is 0 Å². The summed E-state index contributed by atoms with van der Waals surface area (Å²) in [6, 6.07) is 16.2. The molecule has 160 valence electrons. The van der Waals surface area contributed by atoms with Crippen molar-refractivity contribution in [3.05, 3.63) is 54.1 Å². The molecule has 1 unspecified atom stereocenters. The molecule has 0 radical (unpaired) electrons. The van der Waals surface area contributed by atoms with Crippen LogP contribution in [0.1, 0.15) is 12.0 Å². The number of pyridine rings is 1. The van der Waals surface area contributed by atoms with Crippen molar-refractivity contribution in [1.29, 1.82) is 0 Å². The first-order valence-electron chi connectivity index (χ1n) is 10.6. The van der Waals surface area contributed by atoms with Crippen LogP contribution in [0.25, 0.3) is 22.4 Å². The van der Waals surface area contributed by atoms with Crippen LogP contribution < -0.4 is 14.4 Å². The molecule has 2 aromatic carbocycles. The lowest BCUT2D eigenvalue weighted by Gasteiger charge is -2.22. The summed E-state index contributed by atoms with van der Waals surface area (Å²) in [7, 11) is 4.25. The van der Waals surface area contributed by atoms with Crippen LogP contribution in [0.3, 0.4) is 0 Å². The Morgan fingerprint density at radius 2 is 1.94 bits per heavy atom.